The van der Waals surface area contributed by atoms with Gasteiger partial charge in [0.1, 0.15) is 17.6 Å². The van der Waals surface area contributed by atoms with Gasteiger partial charge >= 0.3 is 0 Å². The smallest absolute Gasteiger partial charge is 0.242 e. The van der Waals surface area contributed by atoms with Gasteiger partial charge in [-0.15, -0.1) is 0 Å². The van der Waals surface area contributed by atoms with Gasteiger partial charge < -0.3 is 15.0 Å². The van der Waals surface area contributed by atoms with Crippen LogP contribution in [-0.2, 0) is 26.2 Å². The molecule has 8 nitrogen and oxygen atoms in total. The van der Waals surface area contributed by atoms with Crippen molar-refractivity contribution in [3.05, 3.63) is 59.9 Å². The number of hydrogen-bond acceptors (Lipinski definition) is 5. The predicted octanol–water partition coefficient (Wildman–Crippen LogP) is 4.25. The van der Waals surface area contributed by atoms with Gasteiger partial charge in [-0.2, -0.15) is 0 Å². The van der Waals surface area contributed by atoms with E-state index in [1.54, 1.807) is 49.4 Å². The van der Waals surface area contributed by atoms with Crippen molar-refractivity contribution in [2.24, 2.45) is 0 Å². The second-order valence-corrected chi connectivity index (χ2v) is 11.7. The van der Waals surface area contributed by atoms with Crippen LogP contribution in [0.5, 0.6) is 5.75 Å². The molecule has 208 valence electrons. The van der Waals surface area contributed by atoms with E-state index in [2.05, 4.69) is 5.32 Å². The molecule has 1 aliphatic carbocycles. The first-order chi connectivity index (χ1) is 18.1. The molecule has 0 radical (unpaired) electrons. The molecule has 0 spiro atoms. The van der Waals surface area contributed by atoms with E-state index in [0.29, 0.717) is 17.0 Å². The molecule has 2 aromatic rings. The summed E-state index contributed by atoms with van der Waals surface area (Å²) in [4.78, 5) is 27.9. The van der Waals surface area contributed by atoms with E-state index in [-0.39, 0.29) is 43.8 Å². The van der Waals surface area contributed by atoms with Gasteiger partial charge in [0.2, 0.25) is 21.8 Å². The lowest BCUT2D eigenvalue weighted by molar-refractivity contribution is -0.141. The molecule has 0 aliphatic heterocycles. The number of ether oxygens (including phenoxy) is 1. The van der Waals surface area contributed by atoms with E-state index in [9.17, 15) is 22.4 Å². The molecular weight excluding hydrogens is 509 g/mol. The van der Waals surface area contributed by atoms with Crippen LogP contribution in [0.4, 0.5) is 10.1 Å². The SMILES string of the molecule is COc1cccc(N(CCCC(=O)N(Cc2ccccc2F)[C@@H](C)C(=O)NC2CCCCC2)S(C)(=O)=O)c1. The van der Waals surface area contributed by atoms with Crippen LogP contribution < -0.4 is 14.4 Å². The normalized spacial score (nSPS) is 14.9. The Labute approximate surface area is 225 Å². The summed E-state index contributed by atoms with van der Waals surface area (Å²) >= 11 is 0. The summed E-state index contributed by atoms with van der Waals surface area (Å²) in [5, 5.41) is 3.05. The molecule has 2 aromatic carbocycles. The molecule has 1 aliphatic rings. The van der Waals surface area contributed by atoms with Crippen LogP contribution in [0.15, 0.2) is 48.5 Å². The average molecular weight is 548 g/mol. The Morgan fingerprint density at radius 3 is 2.47 bits per heavy atom. The minimum atomic E-state index is -3.62. The first kappa shape index (κ1) is 29.4. The number of amides is 2. The number of nitrogens with one attached hydrogen (secondary N) is 1. The molecular formula is C28H38FN3O5S. The molecule has 0 aromatic heterocycles. The van der Waals surface area contributed by atoms with Crippen LogP contribution in [0.1, 0.15) is 57.4 Å². The fraction of sp³-hybridized carbons (Fsp3) is 0.500. The zero-order chi connectivity index (χ0) is 27.7. The molecule has 0 saturated heterocycles. The summed E-state index contributed by atoms with van der Waals surface area (Å²) in [6, 6.07) is 12.1. The Balaban J connectivity index is 1.73. The van der Waals surface area contributed by atoms with Crippen molar-refractivity contribution < 1.29 is 27.1 Å². The first-order valence-corrected chi connectivity index (χ1v) is 14.9. The highest BCUT2D eigenvalue weighted by atomic mass is 32.2. The molecule has 0 unspecified atom stereocenters. The first-order valence-electron chi connectivity index (χ1n) is 13.0. The zero-order valence-corrected chi connectivity index (χ0v) is 23.2. The third-order valence-corrected chi connectivity index (χ3v) is 8.10. The molecule has 0 bridgehead atoms. The van der Waals surface area contributed by atoms with Crippen LogP contribution >= 0.6 is 0 Å². The van der Waals surface area contributed by atoms with Gasteiger partial charge in [-0.25, -0.2) is 12.8 Å². The van der Waals surface area contributed by atoms with E-state index < -0.39 is 21.9 Å². The lowest BCUT2D eigenvalue weighted by atomic mass is 9.95. The van der Waals surface area contributed by atoms with Crippen molar-refractivity contribution in [3.63, 3.8) is 0 Å². The Morgan fingerprint density at radius 1 is 1.11 bits per heavy atom. The molecule has 1 saturated carbocycles. The molecule has 1 N–H and O–H groups in total. The number of carbonyl (C=O) groups excluding carboxylic acids is 2. The van der Waals surface area contributed by atoms with Crippen LogP contribution in [0.25, 0.3) is 0 Å². The fourth-order valence-electron chi connectivity index (χ4n) is 4.73. The van der Waals surface area contributed by atoms with E-state index in [1.165, 1.54) is 22.4 Å². The van der Waals surface area contributed by atoms with E-state index >= 15 is 0 Å². The maximum atomic E-state index is 14.5. The van der Waals surface area contributed by atoms with Gasteiger partial charge in [0.15, 0.2) is 0 Å². The van der Waals surface area contributed by atoms with E-state index in [4.69, 9.17) is 4.74 Å². The Kier molecular flexibility index (Phi) is 10.5. The summed E-state index contributed by atoms with van der Waals surface area (Å²) in [7, 11) is -2.12. The van der Waals surface area contributed by atoms with Crippen LogP contribution in [-0.4, -0.2) is 57.1 Å². The maximum Gasteiger partial charge on any atom is 0.242 e. The van der Waals surface area contributed by atoms with Gasteiger partial charge in [0, 0.05) is 37.2 Å². The van der Waals surface area contributed by atoms with Crippen molar-refractivity contribution in [2.75, 3.05) is 24.2 Å². The largest absolute Gasteiger partial charge is 0.497 e. The number of anilines is 1. The number of benzene rings is 2. The fourth-order valence-corrected chi connectivity index (χ4v) is 5.69. The Morgan fingerprint density at radius 2 is 1.82 bits per heavy atom. The lowest BCUT2D eigenvalue weighted by Crippen LogP contribution is -2.50. The molecule has 1 fully saturated rings. The van der Waals surface area contributed by atoms with Crippen LogP contribution in [0.3, 0.4) is 0 Å². The molecule has 38 heavy (non-hydrogen) atoms. The van der Waals surface area contributed by atoms with Crippen LogP contribution in [0, 0.1) is 5.82 Å². The highest BCUT2D eigenvalue weighted by molar-refractivity contribution is 7.92. The molecule has 3 rings (SSSR count). The van der Waals surface area contributed by atoms with Gasteiger partial charge in [-0.1, -0.05) is 43.5 Å². The average Bonchev–Trinajstić information content (AvgIpc) is 2.90. The van der Waals surface area contributed by atoms with Crippen molar-refractivity contribution >= 4 is 27.5 Å². The standard InChI is InChI=1S/C28H38FN3O5S/c1-21(28(34)30-23-12-5-4-6-13-23)31(20-22-11-7-8-16-26(22)29)27(33)17-10-18-32(38(3,35)36)24-14-9-15-25(19-24)37-2/h7-9,11,14-16,19,21,23H,4-6,10,12-13,17-18,20H2,1-3H3,(H,30,34)/t21-/m0/s1. The quantitative estimate of drug-likeness (QED) is 0.429. The molecule has 10 heteroatoms. The number of methoxy groups -OCH3 is 1. The van der Waals surface area contributed by atoms with Gasteiger partial charge in [0.05, 0.1) is 19.1 Å². The number of carbonyl (C=O) groups is 2. The molecule has 2 amide bonds. The van der Waals surface area contributed by atoms with Crippen molar-refractivity contribution in [3.8, 4) is 5.75 Å². The highest BCUT2D eigenvalue weighted by Gasteiger charge is 2.29. The summed E-state index contributed by atoms with van der Waals surface area (Å²) in [5.41, 5.74) is 0.745. The topological polar surface area (TPSA) is 96.0 Å². The number of rotatable bonds is 12. The number of hydrogen-bond donors (Lipinski definition) is 1. The highest BCUT2D eigenvalue weighted by Crippen LogP contribution is 2.24. The summed E-state index contributed by atoms with van der Waals surface area (Å²) in [6.45, 7) is 1.65. The molecule has 0 heterocycles. The second kappa shape index (κ2) is 13.6. The number of sulfonamides is 1. The molecule has 1 atom stereocenters. The van der Waals surface area contributed by atoms with Gasteiger partial charge in [-0.3, -0.25) is 13.9 Å². The Bertz CT molecular complexity index is 1200. The van der Waals surface area contributed by atoms with Gasteiger partial charge in [-0.05, 0) is 44.4 Å². The number of nitrogens with zero attached hydrogens (tertiary/aromatic N) is 2. The minimum Gasteiger partial charge on any atom is -0.497 e. The third-order valence-electron chi connectivity index (χ3n) is 6.91. The number of halogens is 1. The lowest BCUT2D eigenvalue weighted by Gasteiger charge is -2.31. The third kappa shape index (κ3) is 8.18. The Hall–Kier alpha value is -3.14. The maximum absolute atomic E-state index is 14.5. The van der Waals surface area contributed by atoms with Crippen LogP contribution in [0.2, 0.25) is 0 Å². The zero-order valence-electron chi connectivity index (χ0n) is 22.4. The second-order valence-electron chi connectivity index (χ2n) is 9.77. The summed E-state index contributed by atoms with van der Waals surface area (Å²) in [5.74, 6) is -0.554. The van der Waals surface area contributed by atoms with Crippen molar-refractivity contribution in [2.45, 2.75) is 70.5 Å². The summed E-state index contributed by atoms with van der Waals surface area (Å²) in [6.07, 6.45) is 6.40. The minimum absolute atomic E-state index is 0.00844. The summed E-state index contributed by atoms with van der Waals surface area (Å²) < 4.78 is 45.9. The van der Waals surface area contributed by atoms with Gasteiger partial charge in [0.25, 0.3) is 0 Å². The van der Waals surface area contributed by atoms with E-state index in [0.717, 1.165) is 38.4 Å². The monoisotopic (exact) mass is 547 g/mol. The van der Waals surface area contributed by atoms with E-state index in [1.807, 2.05) is 0 Å². The predicted molar refractivity (Wildman–Crippen MR) is 146 cm³/mol. The van der Waals surface area contributed by atoms with Crippen molar-refractivity contribution in [1.82, 2.24) is 10.2 Å². The van der Waals surface area contributed by atoms with Crippen molar-refractivity contribution in [1.29, 1.82) is 0 Å².